The molecule has 0 saturated heterocycles. The lowest BCUT2D eigenvalue weighted by molar-refractivity contribution is 0.0994. The van der Waals surface area contributed by atoms with Gasteiger partial charge in [-0.25, -0.2) is 0 Å². The summed E-state index contributed by atoms with van der Waals surface area (Å²) in [4.78, 5) is 11.7. The summed E-state index contributed by atoms with van der Waals surface area (Å²) in [6.45, 7) is 2.11. The molecule has 0 aliphatic rings. The second-order valence-electron chi connectivity index (χ2n) is 3.35. The number of carbonyl (C=O) groups is 1. The second kappa shape index (κ2) is 4.19. The van der Waals surface area contributed by atoms with Crippen molar-refractivity contribution in [3.8, 4) is 0 Å². The van der Waals surface area contributed by atoms with E-state index < -0.39 is 0 Å². The van der Waals surface area contributed by atoms with Gasteiger partial charge in [-0.1, -0.05) is 0 Å². The molecule has 6 heteroatoms. The quantitative estimate of drug-likeness (QED) is 0.719. The minimum absolute atomic E-state index is 0.231. The first kappa shape index (κ1) is 10.4. The number of hydrogen-bond acceptors (Lipinski definition) is 4. The van der Waals surface area contributed by atoms with Gasteiger partial charge in [-0.15, -0.1) is 0 Å². The molecule has 0 unspecified atom stereocenters. The van der Waals surface area contributed by atoms with E-state index in [2.05, 4.69) is 15.5 Å². The smallest absolute Gasteiger partial charge is 0.292 e. The van der Waals surface area contributed by atoms with Crippen LogP contribution in [0.3, 0.4) is 0 Å². The van der Waals surface area contributed by atoms with Crippen LogP contribution in [-0.2, 0) is 6.54 Å². The van der Waals surface area contributed by atoms with E-state index in [-0.39, 0.29) is 18.2 Å². The summed E-state index contributed by atoms with van der Waals surface area (Å²) in [6, 6.07) is 3.26. The fourth-order valence-corrected chi connectivity index (χ4v) is 1.26. The van der Waals surface area contributed by atoms with Crippen LogP contribution < -0.4 is 11.1 Å². The molecule has 2 aromatic heterocycles. The number of anilines is 1. The van der Waals surface area contributed by atoms with Crippen molar-refractivity contribution in [3.63, 3.8) is 0 Å². The topological polar surface area (TPSA) is 96.9 Å². The molecule has 0 aliphatic heterocycles. The molecule has 2 rings (SSSR count). The Bertz CT molecular complexity index is 500. The predicted molar refractivity (Wildman–Crippen MR) is 57.9 cm³/mol. The van der Waals surface area contributed by atoms with E-state index in [1.165, 1.54) is 0 Å². The van der Waals surface area contributed by atoms with Gasteiger partial charge in [-0.2, -0.15) is 5.10 Å². The van der Waals surface area contributed by atoms with Crippen molar-refractivity contribution in [2.75, 3.05) is 5.32 Å². The summed E-state index contributed by atoms with van der Waals surface area (Å²) >= 11 is 0. The van der Waals surface area contributed by atoms with Gasteiger partial charge in [0.2, 0.25) is 0 Å². The summed E-state index contributed by atoms with van der Waals surface area (Å²) in [5.41, 5.74) is 6.24. The molecule has 2 aromatic rings. The Morgan fingerprint density at radius 3 is 3.00 bits per heavy atom. The lowest BCUT2D eigenvalue weighted by Crippen LogP contribution is -2.12. The summed E-state index contributed by atoms with van der Waals surface area (Å²) < 4.78 is 5.21. The highest BCUT2D eigenvalue weighted by molar-refractivity contribution is 6.02. The van der Waals surface area contributed by atoms with Crippen LogP contribution in [0, 0.1) is 6.92 Å². The highest BCUT2D eigenvalue weighted by atomic mass is 16.4. The maximum atomic E-state index is 11.7. The van der Waals surface area contributed by atoms with Gasteiger partial charge >= 0.3 is 0 Å². The van der Waals surface area contributed by atoms with Crippen molar-refractivity contribution < 1.29 is 9.21 Å². The molecular formula is C10H12N4O2. The van der Waals surface area contributed by atoms with Crippen molar-refractivity contribution in [1.82, 2.24) is 10.2 Å². The molecule has 0 fully saturated rings. The number of amides is 1. The zero-order chi connectivity index (χ0) is 11.5. The number of rotatable bonds is 3. The number of hydrogen-bond donors (Lipinski definition) is 3. The van der Waals surface area contributed by atoms with E-state index >= 15 is 0 Å². The van der Waals surface area contributed by atoms with Gasteiger partial charge in [0.1, 0.15) is 11.6 Å². The molecule has 0 spiro atoms. The Kier molecular flexibility index (Phi) is 2.74. The van der Waals surface area contributed by atoms with Crippen LogP contribution in [0.5, 0.6) is 0 Å². The van der Waals surface area contributed by atoms with E-state index in [1.807, 2.05) is 6.92 Å². The Hall–Kier alpha value is -2.08. The SMILES string of the molecule is Cc1cn[nH]c1NC(=O)c1ccc(CN)o1. The molecule has 6 nitrogen and oxygen atoms in total. The second-order valence-corrected chi connectivity index (χ2v) is 3.35. The Labute approximate surface area is 91.8 Å². The first-order valence-electron chi connectivity index (χ1n) is 4.81. The number of furan rings is 1. The van der Waals surface area contributed by atoms with Gasteiger partial charge < -0.3 is 15.5 Å². The molecule has 4 N–H and O–H groups in total. The minimum Gasteiger partial charge on any atom is -0.455 e. The number of carbonyl (C=O) groups excluding carboxylic acids is 1. The third-order valence-electron chi connectivity index (χ3n) is 2.15. The van der Waals surface area contributed by atoms with E-state index in [4.69, 9.17) is 10.2 Å². The number of aryl methyl sites for hydroxylation is 1. The Morgan fingerprint density at radius 1 is 1.62 bits per heavy atom. The van der Waals surface area contributed by atoms with E-state index in [0.717, 1.165) is 5.56 Å². The van der Waals surface area contributed by atoms with Crippen LogP contribution in [0.15, 0.2) is 22.7 Å². The zero-order valence-corrected chi connectivity index (χ0v) is 8.78. The van der Waals surface area contributed by atoms with E-state index in [0.29, 0.717) is 11.6 Å². The zero-order valence-electron chi connectivity index (χ0n) is 8.78. The molecule has 1 amide bonds. The van der Waals surface area contributed by atoms with Gasteiger partial charge in [0, 0.05) is 5.56 Å². The molecule has 84 valence electrons. The molecule has 16 heavy (non-hydrogen) atoms. The third kappa shape index (κ3) is 1.96. The normalized spacial score (nSPS) is 10.4. The average Bonchev–Trinajstić information content (AvgIpc) is 2.88. The fourth-order valence-electron chi connectivity index (χ4n) is 1.26. The number of aromatic amines is 1. The van der Waals surface area contributed by atoms with Gasteiger partial charge in [0.15, 0.2) is 5.76 Å². The van der Waals surface area contributed by atoms with Crippen molar-refractivity contribution >= 4 is 11.7 Å². The minimum atomic E-state index is -0.327. The summed E-state index contributed by atoms with van der Waals surface area (Å²) in [5, 5.41) is 9.13. The van der Waals surface area contributed by atoms with Crippen molar-refractivity contribution in [2.45, 2.75) is 13.5 Å². The van der Waals surface area contributed by atoms with E-state index in [9.17, 15) is 4.79 Å². The van der Waals surface area contributed by atoms with Crippen LogP contribution in [0.25, 0.3) is 0 Å². The van der Waals surface area contributed by atoms with Gasteiger partial charge in [-0.3, -0.25) is 9.89 Å². The number of nitrogens with two attached hydrogens (primary N) is 1. The van der Waals surface area contributed by atoms with Crippen molar-refractivity contribution in [1.29, 1.82) is 0 Å². The first-order valence-corrected chi connectivity index (χ1v) is 4.81. The lowest BCUT2D eigenvalue weighted by Gasteiger charge is -2.00. The maximum Gasteiger partial charge on any atom is 0.292 e. The van der Waals surface area contributed by atoms with Crippen LogP contribution in [-0.4, -0.2) is 16.1 Å². The molecule has 2 heterocycles. The molecule has 0 radical (unpaired) electrons. The fraction of sp³-hybridized carbons (Fsp3) is 0.200. The van der Waals surface area contributed by atoms with Crippen LogP contribution in [0.4, 0.5) is 5.82 Å². The van der Waals surface area contributed by atoms with Gasteiger partial charge in [-0.05, 0) is 19.1 Å². The largest absolute Gasteiger partial charge is 0.455 e. The predicted octanol–water partition coefficient (Wildman–Crippen LogP) is 1.02. The molecule has 0 aromatic carbocycles. The Morgan fingerprint density at radius 2 is 2.44 bits per heavy atom. The molecule has 0 aliphatic carbocycles. The maximum absolute atomic E-state index is 11.7. The summed E-state index contributed by atoms with van der Waals surface area (Å²) in [7, 11) is 0. The number of nitrogens with zero attached hydrogens (tertiary/aromatic N) is 1. The average molecular weight is 220 g/mol. The number of nitrogens with one attached hydrogen (secondary N) is 2. The summed E-state index contributed by atoms with van der Waals surface area (Å²) in [6.07, 6.45) is 1.63. The molecule has 0 saturated carbocycles. The highest BCUT2D eigenvalue weighted by Gasteiger charge is 2.12. The third-order valence-corrected chi connectivity index (χ3v) is 2.15. The van der Waals surface area contributed by atoms with Crippen LogP contribution in [0.1, 0.15) is 21.9 Å². The van der Waals surface area contributed by atoms with Crippen molar-refractivity contribution in [2.24, 2.45) is 5.73 Å². The summed E-state index contributed by atoms with van der Waals surface area (Å²) in [5.74, 6) is 1.05. The van der Waals surface area contributed by atoms with Crippen molar-refractivity contribution in [3.05, 3.63) is 35.4 Å². The number of H-pyrrole nitrogens is 1. The van der Waals surface area contributed by atoms with Gasteiger partial charge in [0.25, 0.3) is 5.91 Å². The van der Waals surface area contributed by atoms with Crippen LogP contribution >= 0.6 is 0 Å². The van der Waals surface area contributed by atoms with Gasteiger partial charge in [0.05, 0.1) is 12.7 Å². The molecular weight excluding hydrogens is 208 g/mol. The number of aromatic nitrogens is 2. The monoisotopic (exact) mass is 220 g/mol. The molecule has 0 atom stereocenters. The van der Waals surface area contributed by atoms with Crippen LogP contribution in [0.2, 0.25) is 0 Å². The Balaban J connectivity index is 2.11. The first-order chi connectivity index (χ1) is 7.70. The molecule has 0 bridgehead atoms. The van der Waals surface area contributed by atoms with E-state index in [1.54, 1.807) is 18.3 Å². The standard InChI is InChI=1S/C10H12N4O2/c1-6-5-12-14-9(6)13-10(15)8-3-2-7(4-11)16-8/h2-3,5H,4,11H2,1H3,(H2,12,13,14,15). The lowest BCUT2D eigenvalue weighted by atomic mass is 10.3. The highest BCUT2D eigenvalue weighted by Crippen LogP contribution is 2.12.